The Kier molecular flexibility index (Phi) is 3.98. The number of pyridine rings is 2. The predicted octanol–water partition coefficient (Wildman–Crippen LogP) is 2.16. The smallest absolute Gasteiger partial charge is 0.254 e. The van der Waals surface area contributed by atoms with Crippen molar-refractivity contribution in [1.29, 1.82) is 0 Å². The molecule has 0 unspecified atom stereocenters. The summed E-state index contributed by atoms with van der Waals surface area (Å²) in [6.07, 6.45) is 4.93. The summed E-state index contributed by atoms with van der Waals surface area (Å²) < 4.78 is 5.29. The highest BCUT2D eigenvalue weighted by molar-refractivity contribution is 5.94. The monoisotopic (exact) mass is 271 g/mol. The van der Waals surface area contributed by atoms with Gasteiger partial charge >= 0.3 is 0 Å². The third-order valence-corrected chi connectivity index (χ3v) is 3.04. The molecular weight excluding hydrogens is 254 g/mol. The molecule has 1 amide bonds. The summed E-state index contributed by atoms with van der Waals surface area (Å²) in [6.45, 7) is 1.93. The first-order valence-electron chi connectivity index (χ1n) is 6.21. The van der Waals surface area contributed by atoms with E-state index in [4.69, 9.17) is 4.74 Å². The number of carbonyl (C=O) groups is 1. The molecule has 5 heteroatoms. The number of carbonyl (C=O) groups excluding carboxylic acids is 1. The summed E-state index contributed by atoms with van der Waals surface area (Å²) in [6, 6.07) is 3.60. The maximum absolute atomic E-state index is 12.0. The zero-order valence-corrected chi connectivity index (χ0v) is 12.0. The number of methoxy groups -OCH3 is 1. The fraction of sp³-hybridized carbons (Fsp3) is 0.267. The lowest BCUT2D eigenvalue weighted by Crippen LogP contribution is -2.21. The Morgan fingerprint density at radius 3 is 2.70 bits per heavy atom. The molecule has 0 N–H and O–H groups in total. The van der Waals surface area contributed by atoms with Crippen LogP contribution in [-0.4, -0.2) is 42.0 Å². The van der Waals surface area contributed by atoms with Crippen LogP contribution in [-0.2, 0) is 0 Å². The second-order valence-corrected chi connectivity index (χ2v) is 4.65. The molecule has 0 aliphatic heterocycles. The third kappa shape index (κ3) is 2.61. The molecule has 2 aromatic heterocycles. The molecule has 0 saturated carbocycles. The van der Waals surface area contributed by atoms with Gasteiger partial charge in [-0.2, -0.15) is 0 Å². The van der Waals surface area contributed by atoms with Gasteiger partial charge in [0.2, 0.25) is 0 Å². The zero-order chi connectivity index (χ0) is 14.7. The largest absolute Gasteiger partial charge is 0.496 e. The van der Waals surface area contributed by atoms with Crippen molar-refractivity contribution in [3.63, 3.8) is 0 Å². The molecule has 0 aliphatic rings. The highest BCUT2D eigenvalue weighted by Gasteiger charge is 2.13. The molecule has 0 atom stereocenters. The molecule has 0 radical (unpaired) electrons. The Morgan fingerprint density at radius 1 is 1.30 bits per heavy atom. The van der Waals surface area contributed by atoms with Gasteiger partial charge in [-0.1, -0.05) is 0 Å². The lowest BCUT2D eigenvalue weighted by atomic mass is 10.1. The van der Waals surface area contributed by atoms with Crippen LogP contribution in [0, 0.1) is 6.92 Å². The lowest BCUT2D eigenvalue weighted by Gasteiger charge is -2.12. The molecule has 0 bridgehead atoms. The van der Waals surface area contributed by atoms with Crippen molar-refractivity contribution in [2.24, 2.45) is 0 Å². The van der Waals surface area contributed by atoms with Crippen molar-refractivity contribution in [1.82, 2.24) is 14.9 Å². The summed E-state index contributed by atoms with van der Waals surface area (Å²) >= 11 is 0. The molecule has 2 heterocycles. The molecular formula is C15H17N3O2. The molecule has 0 aliphatic carbocycles. The van der Waals surface area contributed by atoms with Gasteiger partial charge in [0.25, 0.3) is 5.91 Å². The van der Waals surface area contributed by atoms with Crippen molar-refractivity contribution in [3.8, 4) is 17.0 Å². The number of ether oxygens (including phenoxy) is 1. The van der Waals surface area contributed by atoms with Gasteiger partial charge in [0.05, 0.1) is 18.4 Å². The van der Waals surface area contributed by atoms with E-state index in [9.17, 15) is 4.79 Å². The molecule has 2 aromatic rings. The number of aromatic nitrogens is 2. The fourth-order valence-electron chi connectivity index (χ4n) is 1.97. The van der Waals surface area contributed by atoms with Gasteiger partial charge in [-0.3, -0.25) is 14.8 Å². The minimum Gasteiger partial charge on any atom is -0.496 e. The molecule has 0 spiro atoms. The Balaban J connectivity index is 2.49. The van der Waals surface area contributed by atoms with Gasteiger partial charge < -0.3 is 9.64 Å². The van der Waals surface area contributed by atoms with Crippen LogP contribution in [0.25, 0.3) is 11.3 Å². The lowest BCUT2D eigenvalue weighted by molar-refractivity contribution is 0.0827. The van der Waals surface area contributed by atoms with Crippen LogP contribution >= 0.6 is 0 Å². The van der Waals surface area contributed by atoms with Gasteiger partial charge in [-0.05, 0) is 19.1 Å². The van der Waals surface area contributed by atoms with E-state index in [0.717, 1.165) is 22.6 Å². The molecule has 0 aromatic carbocycles. The predicted molar refractivity (Wildman–Crippen MR) is 76.8 cm³/mol. The van der Waals surface area contributed by atoms with E-state index in [1.54, 1.807) is 51.9 Å². The Hall–Kier alpha value is -2.43. The molecule has 20 heavy (non-hydrogen) atoms. The summed E-state index contributed by atoms with van der Waals surface area (Å²) in [4.78, 5) is 22.0. The summed E-state index contributed by atoms with van der Waals surface area (Å²) in [7, 11) is 5.05. The first kappa shape index (κ1) is 14.0. The number of hydrogen-bond acceptors (Lipinski definition) is 4. The van der Waals surface area contributed by atoms with E-state index in [0.29, 0.717) is 5.56 Å². The van der Waals surface area contributed by atoms with Crippen molar-refractivity contribution in [2.75, 3.05) is 21.2 Å². The van der Waals surface area contributed by atoms with Crippen molar-refractivity contribution in [2.45, 2.75) is 6.92 Å². The number of nitrogens with zero attached hydrogens (tertiary/aromatic N) is 3. The van der Waals surface area contributed by atoms with Crippen LogP contribution in [0.4, 0.5) is 0 Å². The second kappa shape index (κ2) is 5.69. The SMILES string of the molecule is COc1ccnc(-c2cncc(C(=O)N(C)C)c2)c1C. The maximum Gasteiger partial charge on any atom is 0.254 e. The highest BCUT2D eigenvalue weighted by atomic mass is 16.5. The van der Waals surface area contributed by atoms with Crippen LogP contribution in [0.2, 0.25) is 0 Å². The van der Waals surface area contributed by atoms with E-state index in [-0.39, 0.29) is 5.91 Å². The maximum atomic E-state index is 12.0. The van der Waals surface area contributed by atoms with Crippen LogP contribution in [0.5, 0.6) is 5.75 Å². The van der Waals surface area contributed by atoms with Crippen LogP contribution in [0.15, 0.2) is 30.7 Å². The van der Waals surface area contributed by atoms with Crippen molar-refractivity contribution in [3.05, 3.63) is 41.9 Å². The average molecular weight is 271 g/mol. The average Bonchev–Trinajstić information content (AvgIpc) is 2.46. The number of hydrogen-bond donors (Lipinski definition) is 0. The number of rotatable bonds is 3. The van der Waals surface area contributed by atoms with Gasteiger partial charge in [-0.25, -0.2) is 0 Å². The fourth-order valence-corrected chi connectivity index (χ4v) is 1.97. The summed E-state index contributed by atoms with van der Waals surface area (Å²) in [5.41, 5.74) is 3.03. The molecule has 5 nitrogen and oxygen atoms in total. The summed E-state index contributed by atoms with van der Waals surface area (Å²) in [5.74, 6) is 0.680. The topological polar surface area (TPSA) is 55.3 Å². The van der Waals surface area contributed by atoms with Crippen LogP contribution in [0.1, 0.15) is 15.9 Å². The van der Waals surface area contributed by atoms with Gasteiger partial charge in [0.15, 0.2) is 0 Å². The first-order valence-corrected chi connectivity index (χ1v) is 6.21. The molecule has 0 fully saturated rings. The van der Waals surface area contributed by atoms with E-state index in [2.05, 4.69) is 9.97 Å². The van der Waals surface area contributed by atoms with E-state index >= 15 is 0 Å². The molecule has 2 rings (SSSR count). The standard InChI is InChI=1S/C15H17N3O2/c1-10-13(20-4)5-6-17-14(10)11-7-12(9-16-8-11)15(19)18(2)3/h5-9H,1-4H3. The van der Waals surface area contributed by atoms with E-state index in [1.807, 2.05) is 6.92 Å². The van der Waals surface area contributed by atoms with Crippen molar-refractivity contribution >= 4 is 5.91 Å². The molecule has 0 saturated heterocycles. The molecule has 104 valence electrons. The minimum absolute atomic E-state index is 0.0834. The third-order valence-electron chi connectivity index (χ3n) is 3.04. The highest BCUT2D eigenvalue weighted by Crippen LogP contribution is 2.27. The Labute approximate surface area is 118 Å². The van der Waals surface area contributed by atoms with Crippen LogP contribution in [0.3, 0.4) is 0 Å². The van der Waals surface area contributed by atoms with Crippen molar-refractivity contribution < 1.29 is 9.53 Å². The Morgan fingerprint density at radius 2 is 2.05 bits per heavy atom. The van der Waals surface area contributed by atoms with Gasteiger partial charge in [-0.15, -0.1) is 0 Å². The summed E-state index contributed by atoms with van der Waals surface area (Å²) in [5, 5.41) is 0. The van der Waals surface area contributed by atoms with Crippen LogP contribution < -0.4 is 4.74 Å². The first-order chi connectivity index (χ1) is 9.54. The normalized spacial score (nSPS) is 10.2. The van der Waals surface area contributed by atoms with Gasteiger partial charge in [0.1, 0.15) is 5.75 Å². The van der Waals surface area contributed by atoms with E-state index < -0.39 is 0 Å². The quantitative estimate of drug-likeness (QED) is 0.858. The minimum atomic E-state index is -0.0834. The van der Waals surface area contributed by atoms with Gasteiger partial charge in [0, 0.05) is 43.8 Å². The number of amides is 1. The Bertz CT molecular complexity index is 639. The zero-order valence-electron chi connectivity index (χ0n) is 12.0. The second-order valence-electron chi connectivity index (χ2n) is 4.65. The van der Waals surface area contributed by atoms with E-state index in [1.165, 1.54) is 4.90 Å².